The molecule has 1 aromatic carbocycles. The summed E-state index contributed by atoms with van der Waals surface area (Å²) in [6.45, 7) is 8.33. The molecule has 0 radical (unpaired) electrons. The topological polar surface area (TPSA) is 98.1 Å². The van der Waals surface area contributed by atoms with Crippen LogP contribution in [0.25, 0.3) is 10.9 Å². The fourth-order valence-corrected chi connectivity index (χ4v) is 6.33. The molecule has 2 unspecified atom stereocenters. The standard InChI is InChI=1S/C29H40N2O6/c1-4-30(23(8-11-28(33)34)18-37-19(3)32)29(35)22-7-10-27-25(17-22)24-16-21(20-12-14-36-15-13-20)6-9-26(24)31(27)5-2/h7,10,17,20-21,23H,4-6,8-9,11-16,18H2,1-3H3,(H,33,34). The predicted octanol–water partition coefficient (Wildman–Crippen LogP) is 4.45. The number of esters is 1. The summed E-state index contributed by atoms with van der Waals surface area (Å²) in [4.78, 5) is 38.0. The lowest BCUT2D eigenvalue weighted by Gasteiger charge is -2.33. The molecule has 1 aromatic heterocycles. The third kappa shape index (κ3) is 6.00. The molecule has 1 aliphatic carbocycles. The minimum atomic E-state index is -0.940. The van der Waals surface area contributed by atoms with Crippen molar-refractivity contribution in [3.05, 3.63) is 35.0 Å². The molecule has 4 rings (SSSR count). The van der Waals surface area contributed by atoms with Crippen LogP contribution in [-0.2, 0) is 38.4 Å². The molecule has 1 fully saturated rings. The molecule has 0 bridgehead atoms. The summed E-state index contributed by atoms with van der Waals surface area (Å²) in [7, 11) is 0. The van der Waals surface area contributed by atoms with Crippen LogP contribution < -0.4 is 0 Å². The molecule has 202 valence electrons. The molecule has 8 heteroatoms. The SMILES string of the molecule is CCN(C(=O)c1ccc2c(c1)c1c(n2CC)CCC(C2CCOCC2)C1)C(CCC(=O)O)COC(C)=O. The first-order valence-corrected chi connectivity index (χ1v) is 13.7. The predicted molar refractivity (Wildman–Crippen MR) is 141 cm³/mol. The van der Waals surface area contributed by atoms with Crippen LogP contribution in [0.1, 0.15) is 74.5 Å². The van der Waals surface area contributed by atoms with Crippen LogP contribution in [0.3, 0.4) is 0 Å². The van der Waals surface area contributed by atoms with Crippen LogP contribution in [0.4, 0.5) is 0 Å². The summed E-state index contributed by atoms with van der Waals surface area (Å²) in [5.41, 5.74) is 4.52. The molecule has 8 nitrogen and oxygen atoms in total. The van der Waals surface area contributed by atoms with E-state index in [9.17, 15) is 19.5 Å². The van der Waals surface area contributed by atoms with Gasteiger partial charge in [-0.15, -0.1) is 0 Å². The van der Waals surface area contributed by atoms with E-state index < -0.39 is 18.0 Å². The maximum Gasteiger partial charge on any atom is 0.303 e. The number of amides is 1. The number of likely N-dealkylation sites (N-methyl/N-ethyl adjacent to an activating group) is 1. The molecule has 0 saturated carbocycles. The number of nitrogens with zero attached hydrogens (tertiary/aromatic N) is 2. The van der Waals surface area contributed by atoms with Gasteiger partial charge < -0.3 is 24.0 Å². The van der Waals surface area contributed by atoms with E-state index in [-0.39, 0.29) is 25.4 Å². The first kappa shape index (κ1) is 27.2. The normalized spacial score (nSPS) is 18.8. The third-order valence-electron chi connectivity index (χ3n) is 8.21. The largest absolute Gasteiger partial charge is 0.481 e. The number of aromatic nitrogens is 1. The van der Waals surface area contributed by atoms with Gasteiger partial charge >= 0.3 is 11.9 Å². The Kier molecular flexibility index (Phi) is 8.90. The summed E-state index contributed by atoms with van der Waals surface area (Å²) in [5.74, 6) is -0.218. The molecule has 1 amide bonds. The molecule has 2 aromatic rings. The van der Waals surface area contributed by atoms with Crippen LogP contribution >= 0.6 is 0 Å². The number of aryl methyl sites for hydroxylation is 1. The highest BCUT2D eigenvalue weighted by atomic mass is 16.5. The number of carbonyl (C=O) groups is 3. The van der Waals surface area contributed by atoms with Gasteiger partial charge in [-0.1, -0.05) is 0 Å². The minimum absolute atomic E-state index is 0.0150. The van der Waals surface area contributed by atoms with E-state index in [1.54, 1.807) is 4.90 Å². The monoisotopic (exact) mass is 512 g/mol. The Labute approximate surface area is 218 Å². The molecule has 1 aliphatic heterocycles. The van der Waals surface area contributed by atoms with Crippen LogP contribution in [0, 0.1) is 11.8 Å². The maximum atomic E-state index is 13.7. The molecule has 0 spiro atoms. The summed E-state index contributed by atoms with van der Waals surface area (Å²) in [5, 5.41) is 10.4. The van der Waals surface area contributed by atoms with Crippen molar-refractivity contribution in [3.63, 3.8) is 0 Å². The lowest BCUT2D eigenvalue weighted by atomic mass is 9.75. The Bertz CT molecular complexity index is 1120. The maximum absolute atomic E-state index is 13.7. The van der Waals surface area contributed by atoms with E-state index in [4.69, 9.17) is 9.47 Å². The van der Waals surface area contributed by atoms with Crippen molar-refractivity contribution in [2.45, 2.75) is 78.3 Å². The van der Waals surface area contributed by atoms with Crippen molar-refractivity contribution < 1.29 is 29.0 Å². The van der Waals surface area contributed by atoms with Crippen molar-refractivity contribution >= 4 is 28.7 Å². The second-order valence-corrected chi connectivity index (χ2v) is 10.3. The van der Waals surface area contributed by atoms with Gasteiger partial charge in [-0.3, -0.25) is 14.4 Å². The van der Waals surface area contributed by atoms with E-state index in [0.29, 0.717) is 23.9 Å². The number of aliphatic carboxylic acids is 1. The van der Waals surface area contributed by atoms with Gasteiger partial charge in [0, 0.05) is 61.8 Å². The van der Waals surface area contributed by atoms with Gasteiger partial charge in [0.2, 0.25) is 0 Å². The first-order valence-electron chi connectivity index (χ1n) is 13.7. The Hall–Kier alpha value is -2.87. The van der Waals surface area contributed by atoms with E-state index >= 15 is 0 Å². The summed E-state index contributed by atoms with van der Waals surface area (Å²) < 4.78 is 13.2. The Morgan fingerprint density at radius 2 is 1.92 bits per heavy atom. The van der Waals surface area contributed by atoms with Crippen LogP contribution in [0.2, 0.25) is 0 Å². The molecular weight excluding hydrogens is 472 g/mol. The molecular formula is C29H40N2O6. The fourth-order valence-electron chi connectivity index (χ4n) is 6.33. The second-order valence-electron chi connectivity index (χ2n) is 10.3. The lowest BCUT2D eigenvalue weighted by Crippen LogP contribution is -2.43. The Morgan fingerprint density at radius 1 is 1.16 bits per heavy atom. The highest BCUT2D eigenvalue weighted by Crippen LogP contribution is 2.40. The number of carboxylic acids is 1. The fraction of sp³-hybridized carbons (Fsp3) is 0.621. The van der Waals surface area contributed by atoms with Crippen molar-refractivity contribution in [2.75, 3.05) is 26.4 Å². The van der Waals surface area contributed by atoms with Crippen LogP contribution in [0.5, 0.6) is 0 Å². The van der Waals surface area contributed by atoms with Crippen molar-refractivity contribution in [3.8, 4) is 0 Å². The van der Waals surface area contributed by atoms with Gasteiger partial charge in [-0.2, -0.15) is 0 Å². The molecule has 2 heterocycles. The first-order chi connectivity index (χ1) is 17.8. The molecule has 1 saturated heterocycles. The third-order valence-corrected chi connectivity index (χ3v) is 8.21. The molecule has 37 heavy (non-hydrogen) atoms. The number of fused-ring (bicyclic) bond motifs is 3. The zero-order valence-electron chi connectivity index (χ0n) is 22.3. The quantitative estimate of drug-likeness (QED) is 0.472. The van der Waals surface area contributed by atoms with Crippen molar-refractivity contribution in [1.29, 1.82) is 0 Å². The summed E-state index contributed by atoms with van der Waals surface area (Å²) in [6, 6.07) is 5.46. The number of carboxylic acid groups (broad SMARTS) is 1. The van der Waals surface area contributed by atoms with Crippen molar-refractivity contribution in [1.82, 2.24) is 9.47 Å². The van der Waals surface area contributed by atoms with Gasteiger partial charge in [-0.05, 0) is 88.0 Å². The van der Waals surface area contributed by atoms with Crippen LogP contribution in [0.15, 0.2) is 18.2 Å². The van der Waals surface area contributed by atoms with Crippen LogP contribution in [-0.4, -0.2) is 64.8 Å². The Morgan fingerprint density at radius 3 is 2.57 bits per heavy atom. The number of rotatable bonds is 10. The van der Waals surface area contributed by atoms with Gasteiger partial charge in [0.25, 0.3) is 5.91 Å². The second kappa shape index (κ2) is 12.1. The zero-order chi connectivity index (χ0) is 26.5. The minimum Gasteiger partial charge on any atom is -0.481 e. The van der Waals surface area contributed by atoms with E-state index in [0.717, 1.165) is 50.8 Å². The van der Waals surface area contributed by atoms with Gasteiger partial charge in [-0.25, -0.2) is 0 Å². The highest BCUT2D eigenvalue weighted by Gasteiger charge is 2.32. The highest BCUT2D eigenvalue weighted by molar-refractivity contribution is 5.99. The lowest BCUT2D eigenvalue weighted by molar-refractivity contribution is -0.142. The van der Waals surface area contributed by atoms with Gasteiger partial charge in [0.15, 0.2) is 0 Å². The molecule has 1 N–H and O–H groups in total. The number of benzene rings is 1. The van der Waals surface area contributed by atoms with Crippen molar-refractivity contribution in [2.24, 2.45) is 11.8 Å². The number of ether oxygens (including phenoxy) is 2. The van der Waals surface area contributed by atoms with E-state index in [2.05, 4.69) is 17.6 Å². The average molecular weight is 513 g/mol. The Balaban J connectivity index is 1.64. The summed E-state index contributed by atoms with van der Waals surface area (Å²) in [6.07, 6.45) is 5.67. The average Bonchev–Trinajstić information content (AvgIpc) is 3.22. The smallest absolute Gasteiger partial charge is 0.303 e. The molecule has 2 atom stereocenters. The zero-order valence-corrected chi connectivity index (χ0v) is 22.3. The van der Waals surface area contributed by atoms with E-state index in [1.165, 1.54) is 30.1 Å². The number of hydrogen-bond donors (Lipinski definition) is 1. The van der Waals surface area contributed by atoms with E-state index in [1.807, 2.05) is 19.1 Å². The van der Waals surface area contributed by atoms with Gasteiger partial charge in [0.1, 0.15) is 6.61 Å². The summed E-state index contributed by atoms with van der Waals surface area (Å²) >= 11 is 0. The van der Waals surface area contributed by atoms with Gasteiger partial charge in [0.05, 0.1) is 6.04 Å². The number of hydrogen-bond acceptors (Lipinski definition) is 5. The number of carbonyl (C=O) groups excluding carboxylic acids is 2. The molecule has 2 aliphatic rings.